The number of pyridine rings is 1. The molecule has 4 nitrogen and oxygen atoms in total. The average Bonchev–Trinajstić information content (AvgIpc) is 2.92. The monoisotopic (exact) mass is 286 g/mol. The molecule has 0 spiro atoms. The Kier molecular flexibility index (Phi) is 4.68. The van der Waals surface area contributed by atoms with Crippen LogP contribution >= 0.6 is 0 Å². The van der Waals surface area contributed by atoms with Crippen LogP contribution in [0.25, 0.3) is 0 Å². The molecule has 0 radical (unpaired) electrons. The maximum atomic E-state index is 6.03. The molecule has 4 heteroatoms. The first-order valence-corrected chi connectivity index (χ1v) is 7.58. The van der Waals surface area contributed by atoms with Crippen LogP contribution < -0.4 is 0 Å². The highest BCUT2D eigenvalue weighted by molar-refractivity contribution is 5.07. The van der Waals surface area contributed by atoms with Crippen molar-refractivity contribution < 1.29 is 9.15 Å². The highest BCUT2D eigenvalue weighted by Crippen LogP contribution is 2.18. The first-order chi connectivity index (χ1) is 10.3. The van der Waals surface area contributed by atoms with E-state index in [-0.39, 0.29) is 0 Å². The molecule has 0 N–H and O–H groups in total. The second kappa shape index (κ2) is 6.87. The predicted molar refractivity (Wildman–Crippen MR) is 80.8 cm³/mol. The molecule has 21 heavy (non-hydrogen) atoms. The molecule has 1 fully saturated rings. The molecule has 0 amide bonds. The summed E-state index contributed by atoms with van der Waals surface area (Å²) >= 11 is 0. The van der Waals surface area contributed by atoms with Crippen LogP contribution in [0.15, 0.2) is 41.1 Å². The fraction of sp³-hybridized carbons (Fsp3) is 0.471. The van der Waals surface area contributed by atoms with Crippen LogP contribution in [0.3, 0.4) is 0 Å². The largest absolute Gasteiger partial charge is 0.465 e. The number of ether oxygens (including phenoxy) is 1. The number of furan rings is 1. The number of rotatable bonds is 5. The quantitative estimate of drug-likeness (QED) is 0.846. The van der Waals surface area contributed by atoms with Crippen LogP contribution in [-0.4, -0.2) is 29.1 Å². The van der Waals surface area contributed by atoms with Crippen molar-refractivity contribution in [3.05, 3.63) is 53.7 Å². The van der Waals surface area contributed by atoms with Crippen molar-refractivity contribution in [1.82, 2.24) is 9.88 Å². The maximum absolute atomic E-state index is 6.03. The Labute approximate surface area is 125 Å². The zero-order chi connectivity index (χ0) is 14.5. The van der Waals surface area contributed by atoms with Gasteiger partial charge in [-0.2, -0.15) is 0 Å². The van der Waals surface area contributed by atoms with E-state index in [4.69, 9.17) is 9.15 Å². The summed E-state index contributed by atoms with van der Waals surface area (Å²) in [6, 6.07) is 8.09. The van der Waals surface area contributed by atoms with Crippen molar-refractivity contribution in [3.8, 4) is 0 Å². The summed E-state index contributed by atoms with van der Waals surface area (Å²) in [5.41, 5.74) is 1.14. The summed E-state index contributed by atoms with van der Waals surface area (Å²) in [7, 11) is 0. The van der Waals surface area contributed by atoms with Crippen LogP contribution in [0, 0.1) is 6.92 Å². The predicted octanol–water partition coefficient (Wildman–Crippen LogP) is 3.16. The summed E-state index contributed by atoms with van der Waals surface area (Å²) in [5.74, 6) is 2.02. The smallest absolute Gasteiger partial charge is 0.118 e. The zero-order valence-corrected chi connectivity index (χ0v) is 12.5. The van der Waals surface area contributed by atoms with E-state index in [1.807, 2.05) is 25.3 Å². The van der Waals surface area contributed by atoms with Crippen LogP contribution in [0.4, 0.5) is 0 Å². The van der Waals surface area contributed by atoms with Gasteiger partial charge in [0, 0.05) is 18.9 Å². The molecule has 0 bridgehead atoms. The van der Waals surface area contributed by atoms with E-state index < -0.39 is 0 Å². The summed E-state index contributed by atoms with van der Waals surface area (Å²) in [6.45, 7) is 5.60. The Hall–Kier alpha value is -1.65. The molecule has 0 unspecified atom stereocenters. The van der Waals surface area contributed by atoms with E-state index in [9.17, 15) is 0 Å². The first kappa shape index (κ1) is 14.3. The van der Waals surface area contributed by atoms with E-state index >= 15 is 0 Å². The number of piperidine rings is 1. The topological polar surface area (TPSA) is 38.5 Å². The minimum absolute atomic E-state index is 0.301. The lowest BCUT2D eigenvalue weighted by Gasteiger charge is -2.32. The zero-order valence-electron chi connectivity index (χ0n) is 12.5. The average molecular weight is 286 g/mol. The van der Waals surface area contributed by atoms with Gasteiger partial charge in [0.15, 0.2) is 0 Å². The summed E-state index contributed by atoms with van der Waals surface area (Å²) in [6.07, 6.45) is 6.27. The Balaban J connectivity index is 1.49. The molecule has 0 saturated carbocycles. The minimum Gasteiger partial charge on any atom is -0.465 e. The van der Waals surface area contributed by atoms with Gasteiger partial charge in [0.2, 0.25) is 0 Å². The summed E-state index contributed by atoms with van der Waals surface area (Å²) < 4.78 is 11.7. The lowest BCUT2D eigenvalue weighted by atomic mass is 10.1. The Bertz CT molecular complexity index is 553. The Morgan fingerprint density at radius 3 is 3.10 bits per heavy atom. The van der Waals surface area contributed by atoms with Gasteiger partial charge in [-0.25, -0.2) is 0 Å². The summed E-state index contributed by atoms with van der Waals surface area (Å²) in [5, 5.41) is 0. The van der Waals surface area contributed by atoms with Gasteiger partial charge < -0.3 is 9.15 Å². The van der Waals surface area contributed by atoms with Crippen LogP contribution in [-0.2, 0) is 17.9 Å². The lowest BCUT2D eigenvalue weighted by molar-refractivity contribution is -0.0135. The van der Waals surface area contributed by atoms with E-state index in [1.165, 1.54) is 6.42 Å². The molecule has 1 saturated heterocycles. The lowest BCUT2D eigenvalue weighted by Crippen LogP contribution is -2.39. The van der Waals surface area contributed by atoms with Crippen molar-refractivity contribution in [1.29, 1.82) is 0 Å². The summed E-state index contributed by atoms with van der Waals surface area (Å²) in [4.78, 5) is 6.53. The molecule has 3 heterocycles. The molecule has 3 rings (SSSR count). The molecule has 1 aliphatic heterocycles. The molecule has 112 valence electrons. The molecular weight excluding hydrogens is 264 g/mol. The molecule has 1 atom stereocenters. The van der Waals surface area contributed by atoms with E-state index in [1.54, 1.807) is 6.20 Å². The van der Waals surface area contributed by atoms with Gasteiger partial charge in [-0.05, 0) is 50.1 Å². The van der Waals surface area contributed by atoms with Gasteiger partial charge >= 0.3 is 0 Å². The Morgan fingerprint density at radius 2 is 2.33 bits per heavy atom. The second-order valence-electron chi connectivity index (χ2n) is 5.68. The van der Waals surface area contributed by atoms with Gasteiger partial charge in [-0.15, -0.1) is 0 Å². The van der Waals surface area contributed by atoms with Gasteiger partial charge in [0.05, 0.1) is 19.3 Å². The number of likely N-dealkylation sites (tertiary alicyclic amines) is 1. The highest BCUT2D eigenvalue weighted by Gasteiger charge is 2.21. The molecule has 2 aromatic heterocycles. The van der Waals surface area contributed by atoms with Crippen molar-refractivity contribution in [2.45, 2.75) is 39.0 Å². The number of aryl methyl sites for hydroxylation is 1. The van der Waals surface area contributed by atoms with Crippen molar-refractivity contribution in [3.63, 3.8) is 0 Å². The third kappa shape index (κ3) is 4.16. The molecular formula is C17H22N2O2. The minimum atomic E-state index is 0.301. The maximum Gasteiger partial charge on any atom is 0.118 e. The molecule has 0 aromatic carbocycles. The first-order valence-electron chi connectivity index (χ1n) is 7.58. The Morgan fingerprint density at radius 1 is 1.38 bits per heavy atom. The normalized spacial score (nSPS) is 19.8. The third-order valence-corrected chi connectivity index (χ3v) is 3.85. The van der Waals surface area contributed by atoms with Gasteiger partial charge in [-0.1, -0.05) is 6.07 Å². The number of nitrogens with zero attached hydrogens (tertiary/aromatic N) is 2. The van der Waals surface area contributed by atoms with E-state index in [2.05, 4.69) is 22.0 Å². The number of aromatic nitrogens is 1. The van der Waals surface area contributed by atoms with E-state index in [0.717, 1.165) is 43.1 Å². The number of hydrogen-bond acceptors (Lipinski definition) is 4. The molecule has 1 aliphatic rings. The fourth-order valence-electron chi connectivity index (χ4n) is 2.78. The fourth-order valence-corrected chi connectivity index (χ4v) is 2.78. The molecule has 0 aliphatic carbocycles. The van der Waals surface area contributed by atoms with Crippen LogP contribution in [0.5, 0.6) is 0 Å². The van der Waals surface area contributed by atoms with Gasteiger partial charge in [0.25, 0.3) is 0 Å². The van der Waals surface area contributed by atoms with Gasteiger partial charge in [-0.3, -0.25) is 9.88 Å². The number of hydrogen-bond donors (Lipinski definition) is 0. The van der Waals surface area contributed by atoms with Crippen LogP contribution in [0.2, 0.25) is 0 Å². The van der Waals surface area contributed by atoms with Crippen molar-refractivity contribution >= 4 is 0 Å². The van der Waals surface area contributed by atoms with Crippen molar-refractivity contribution in [2.24, 2.45) is 0 Å². The standard InChI is InChI=1S/C17H22N2O2/c1-14-6-7-17(21-14)12-19-9-3-5-16(11-19)20-13-15-4-2-8-18-10-15/h2,4,6-8,10,16H,3,5,9,11-13H2,1H3/t16-/m0/s1. The SMILES string of the molecule is Cc1ccc(CN2CCC[C@H](OCc3cccnc3)C2)o1. The van der Waals surface area contributed by atoms with E-state index in [0.29, 0.717) is 12.7 Å². The molecule has 2 aromatic rings. The van der Waals surface area contributed by atoms with Gasteiger partial charge in [0.1, 0.15) is 11.5 Å². The van der Waals surface area contributed by atoms with Crippen LogP contribution in [0.1, 0.15) is 29.9 Å². The van der Waals surface area contributed by atoms with Crippen molar-refractivity contribution in [2.75, 3.05) is 13.1 Å². The second-order valence-corrected chi connectivity index (χ2v) is 5.68. The highest BCUT2D eigenvalue weighted by atomic mass is 16.5. The third-order valence-electron chi connectivity index (χ3n) is 3.85.